The number of phenolic OH excluding ortho intramolecular Hbond substituents is 1. The third-order valence-electron chi connectivity index (χ3n) is 15.1. The number of para-hydroxylation sites is 1. The Morgan fingerprint density at radius 2 is 1.41 bits per heavy atom. The molecule has 2 aromatic carbocycles. The molecule has 2 aliphatic rings. The first-order valence-corrected chi connectivity index (χ1v) is 29.6. The number of likely N-dealkylation sites (tertiary alicyclic amines) is 1. The van der Waals surface area contributed by atoms with Crippen molar-refractivity contribution >= 4 is 64.1 Å². The first-order valence-electron chi connectivity index (χ1n) is 29.6. The van der Waals surface area contributed by atoms with Crippen LogP contribution in [0.25, 0.3) is 10.9 Å². The average Bonchev–Trinajstić information content (AvgIpc) is 2.34. The summed E-state index contributed by atoms with van der Waals surface area (Å²) < 4.78 is 6.09. The predicted molar refractivity (Wildman–Crippen MR) is 328 cm³/mol. The Morgan fingerprint density at radius 1 is 0.782 bits per heavy atom. The number of phenols is 1. The number of carbonyl (C=O) groups excluding carboxylic acids is 8. The lowest BCUT2D eigenvalue weighted by Gasteiger charge is -2.31. The van der Waals surface area contributed by atoms with E-state index in [1.807, 2.05) is 44.3 Å². The van der Waals surface area contributed by atoms with Gasteiger partial charge in [0.2, 0.25) is 47.3 Å². The van der Waals surface area contributed by atoms with Crippen LogP contribution in [0, 0.1) is 5.92 Å². The molecule has 4 aromatic rings. The molecule has 9 atom stereocenters. The molecule has 17 N–H and O–H groups in total. The number of hydrogen-bond acceptors (Lipinski definition) is 14. The number of H-pyrrole nitrogens is 2. The third-order valence-corrected chi connectivity index (χ3v) is 15.1. The summed E-state index contributed by atoms with van der Waals surface area (Å²) in [6.07, 6.45) is 7.56. The highest BCUT2D eigenvalue weighted by Gasteiger charge is 2.39. The van der Waals surface area contributed by atoms with Gasteiger partial charge < -0.3 is 84.4 Å². The number of aromatic nitrogens is 3. The van der Waals surface area contributed by atoms with Gasteiger partial charge in [0.15, 0.2) is 5.96 Å². The van der Waals surface area contributed by atoms with E-state index in [2.05, 4.69) is 75.6 Å². The summed E-state index contributed by atoms with van der Waals surface area (Å²) in [4.78, 5) is 128. The van der Waals surface area contributed by atoms with Gasteiger partial charge in [-0.1, -0.05) is 64.3 Å². The summed E-state index contributed by atoms with van der Waals surface area (Å²) in [5.74, 6) is -5.08. The summed E-state index contributed by atoms with van der Waals surface area (Å²) >= 11 is 0. The van der Waals surface area contributed by atoms with Crippen molar-refractivity contribution in [2.24, 2.45) is 28.1 Å². The van der Waals surface area contributed by atoms with Crippen LogP contribution in [-0.4, -0.2) is 158 Å². The quantitative estimate of drug-likeness (QED) is 0.0180. The van der Waals surface area contributed by atoms with E-state index in [0.29, 0.717) is 42.6 Å². The molecule has 6 rings (SSSR count). The average molecular weight is 1210 g/mol. The number of rotatable bonds is 33. The van der Waals surface area contributed by atoms with Crippen LogP contribution in [-0.2, 0) is 62.4 Å². The Labute approximate surface area is 507 Å². The molecule has 0 radical (unpaired) electrons. The van der Waals surface area contributed by atoms with Crippen LogP contribution >= 0.6 is 0 Å². The third kappa shape index (κ3) is 20.4. The van der Waals surface area contributed by atoms with E-state index in [1.54, 1.807) is 46.0 Å². The van der Waals surface area contributed by atoms with Crippen molar-refractivity contribution in [2.45, 2.75) is 172 Å². The van der Waals surface area contributed by atoms with Crippen LogP contribution in [0.5, 0.6) is 5.75 Å². The highest BCUT2D eigenvalue weighted by molar-refractivity contribution is 5.97. The highest BCUT2D eigenvalue weighted by Crippen LogP contribution is 2.23. The van der Waals surface area contributed by atoms with Gasteiger partial charge in [-0.3, -0.25) is 43.3 Å². The van der Waals surface area contributed by atoms with E-state index >= 15 is 0 Å². The summed E-state index contributed by atoms with van der Waals surface area (Å²) in [6, 6.07) is 4.45. The topological polar surface area (TPSA) is 400 Å². The largest absolute Gasteiger partial charge is 0.508 e. The Hall–Kier alpha value is -8.94. The van der Waals surface area contributed by atoms with Crippen molar-refractivity contribution in [1.29, 1.82) is 0 Å². The number of nitrogens with two attached hydrogens (primary N) is 3. The van der Waals surface area contributed by atoms with Crippen LogP contribution in [0.1, 0.15) is 110 Å². The summed E-state index contributed by atoms with van der Waals surface area (Å²) in [6.45, 7) is 19.3. The molecule has 4 heterocycles. The summed E-state index contributed by atoms with van der Waals surface area (Å²) in [5, 5.41) is 34.9. The number of benzene rings is 2. The Bertz CT molecular complexity index is 3080. The van der Waals surface area contributed by atoms with E-state index in [1.165, 1.54) is 23.4 Å². The van der Waals surface area contributed by atoms with E-state index in [9.17, 15) is 43.5 Å². The lowest BCUT2D eigenvalue weighted by molar-refractivity contribution is -0.141. The fourth-order valence-corrected chi connectivity index (χ4v) is 10.4. The number of carbonyl (C=O) groups is 8. The first-order chi connectivity index (χ1) is 41.3. The monoisotopic (exact) mass is 1200 g/mol. The molecule has 0 saturated carbocycles. The maximum Gasteiger partial charge on any atom is 0.245 e. The molecule has 0 bridgehead atoms. The molecule has 2 aromatic heterocycles. The number of aromatic hydroxyl groups is 1. The minimum Gasteiger partial charge on any atom is -0.508 e. The van der Waals surface area contributed by atoms with Crippen molar-refractivity contribution in [3.05, 3.63) is 109 Å². The number of imidazole rings is 1. The number of aromatic amines is 2. The molecule has 26 heteroatoms. The maximum atomic E-state index is 14.9. The number of guanidine groups is 1. The van der Waals surface area contributed by atoms with Crippen LogP contribution in [0.3, 0.4) is 0 Å². The van der Waals surface area contributed by atoms with Crippen molar-refractivity contribution in [3.63, 3.8) is 0 Å². The zero-order chi connectivity index (χ0) is 63.5. The fourth-order valence-electron chi connectivity index (χ4n) is 10.4. The lowest BCUT2D eigenvalue weighted by atomic mass is 10.0. The molecule has 472 valence electrons. The van der Waals surface area contributed by atoms with E-state index in [-0.39, 0.29) is 93.9 Å². The highest BCUT2D eigenvalue weighted by atomic mass is 16.5. The van der Waals surface area contributed by atoms with Gasteiger partial charge in [-0.25, -0.2) is 4.98 Å². The number of fused-ring (bicyclic) bond motifs is 1. The second-order valence-electron chi connectivity index (χ2n) is 23.6. The zero-order valence-corrected chi connectivity index (χ0v) is 50.6. The second kappa shape index (κ2) is 31.4. The van der Waals surface area contributed by atoms with Crippen LogP contribution in [0.2, 0.25) is 0 Å². The van der Waals surface area contributed by atoms with Crippen LogP contribution < -0.4 is 59.7 Å². The van der Waals surface area contributed by atoms with E-state index < -0.39 is 101 Å². The standard InChI is InChI=1S/C61H88N16O10/c1-9-42(69-36(5)46(28-38-30-67-44-15-11-10-14-41(38)44)73-57(84)49(29-39-31-65-33-68-39)70-35(4)43-22-23-52(79)71-43)54(81)75-48(27-37-18-20-40(78)21-19-37)56(83)76-50(32-87-61(6,7)8)58(85)74-47(26-34(2)3)55(82)72-45(16-12-24-66-60(63)64)59(86)77-25-13-17-51(77)53(62)80/h10-11,14-15,18-21,30-31,33-34,42-43,45-51,67,69-70,78H,4-5,9,12-13,16-17,22-29,32H2,1-3,6-8H3,(H2,62,80)(H,65,68)(H,71,79)(H,72,82)(H,73,84)(H,74,85)(H,75,81)(H,76,83)(H4,63,64,66). The Morgan fingerprint density at radius 3 is 2.05 bits per heavy atom. The van der Waals surface area contributed by atoms with Gasteiger partial charge in [-0.05, 0) is 101 Å². The molecular weight excluding hydrogens is 1120 g/mol. The van der Waals surface area contributed by atoms with Gasteiger partial charge in [-0.2, -0.15) is 0 Å². The molecule has 2 fully saturated rings. The smallest absolute Gasteiger partial charge is 0.245 e. The number of nitrogens with one attached hydrogen (secondary N) is 10. The molecule has 8 amide bonds. The predicted octanol–water partition coefficient (Wildman–Crippen LogP) is 1.07. The molecule has 0 aliphatic carbocycles. The van der Waals surface area contributed by atoms with Gasteiger partial charge in [-0.15, -0.1) is 0 Å². The lowest BCUT2D eigenvalue weighted by Crippen LogP contribution is -2.61. The molecule has 2 saturated heterocycles. The number of primary amides is 1. The summed E-state index contributed by atoms with van der Waals surface area (Å²) in [7, 11) is 0. The normalized spacial score (nSPS) is 17.3. The van der Waals surface area contributed by atoms with Crippen molar-refractivity contribution in [1.82, 2.24) is 62.4 Å². The van der Waals surface area contributed by atoms with Crippen LogP contribution in [0.4, 0.5) is 0 Å². The molecule has 26 nitrogen and oxygen atoms in total. The minimum absolute atomic E-state index is 0.0361. The molecule has 87 heavy (non-hydrogen) atoms. The van der Waals surface area contributed by atoms with Gasteiger partial charge in [0.25, 0.3) is 0 Å². The number of ether oxygens (including phenoxy) is 1. The maximum absolute atomic E-state index is 14.9. The minimum atomic E-state index is -1.45. The Kier molecular flexibility index (Phi) is 24.3. The van der Waals surface area contributed by atoms with E-state index in [0.717, 1.165) is 16.5 Å². The number of aliphatic imine (C=N–C) groups is 1. The van der Waals surface area contributed by atoms with Gasteiger partial charge in [0.1, 0.15) is 48.0 Å². The van der Waals surface area contributed by atoms with Crippen molar-refractivity contribution in [2.75, 3.05) is 19.7 Å². The summed E-state index contributed by atoms with van der Waals surface area (Å²) in [5.41, 5.74) is 19.5. The first kappa shape index (κ1) is 67.2. The van der Waals surface area contributed by atoms with Gasteiger partial charge >= 0.3 is 0 Å². The zero-order valence-electron chi connectivity index (χ0n) is 50.6. The van der Waals surface area contributed by atoms with Gasteiger partial charge in [0, 0.05) is 79.2 Å². The van der Waals surface area contributed by atoms with Gasteiger partial charge in [0.05, 0.1) is 30.6 Å². The number of hydrogen-bond donors (Lipinski definition) is 14. The van der Waals surface area contributed by atoms with Crippen molar-refractivity contribution in [3.8, 4) is 5.75 Å². The molecule has 0 spiro atoms. The molecule has 2 aliphatic heterocycles. The molecular formula is C61H88N16O10. The second-order valence-corrected chi connectivity index (χ2v) is 23.6. The fraction of sp³-hybridized carbons (Fsp3) is 0.508. The SMILES string of the molecule is C=C(NC(Cc1cnc[nH]1)C(=O)NC(Cc1c[nH]c2ccccc12)C(=C)NC(CC)C(=O)NC(Cc1ccc(O)cc1)C(=O)NC(COC(C)(C)C)C(=O)NC(CC(C)C)C(=O)NC(CCCN=C(N)N)C(=O)N1CCCC1C(N)=O)C1CCC(=O)N1. The Balaban J connectivity index is 1.24. The molecule has 9 unspecified atom stereocenters. The van der Waals surface area contributed by atoms with Crippen molar-refractivity contribution < 1.29 is 48.2 Å². The van der Waals surface area contributed by atoms with E-state index in [4.69, 9.17) is 21.9 Å². The number of amides is 8. The number of nitrogens with zero attached hydrogens (tertiary/aromatic N) is 3. The van der Waals surface area contributed by atoms with Crippen LogP contribution in [0.15, 0.2) is 96.8 Å².